The predicted octanol–water partition coefficient (Wildman–Crippen LogP) is 5.80. The molecule has 0 saturated heterocycles. The Morgan fingerprint density at radius 1 is 0.829 bits per heavy atom. The first-order valence-electron chi connectivity index (χ1n) is 11.5. The zero-order valence-electron chi connectivity index (χ0n) is 19.0. The van der Waals surface area contributed by atoms with Crippen LogP contribution in [0.3, 0.4) is 0 Å². The maximum absolute atomic E-state index is 13.3. The highest BCUT2D eigenvalue weighted by atomic mass is 16.5. The number of carbonyl (C=O) groups excluding carboxylic acids is 2. The molecule has 0 spiro atoms. The van der Waals surface area contributed by atoms with E-state index in [4.69, 9.17) is 4.74 Å². The normalized spacial score (nSPS) is 11.8. The van der Waals surface area contributed by atoms with Crippen LogP contribution in [0.25, 0.3) is 21.7 Å². The number of aromatic nitrogens is 1. The Labute approximate surface area is 202 Å². The van der Waals surface area contributed by atoms with E-state index in [1.54, 1.807) is 0 Å². The van der Waals surface area contributed by atoms with E-state index in [9.17, 15) is 9.59 Å². The van der Waals surface area contributed by atoms with Crippen molar-refractivity contribution in [1.82, 2.24) is 10.3 Å². The Bertz CT molecular complexity index is 1480. The smallest absolute Gasteiger partial charge is 0.408 e. The molecule has 4 aromatic carbocycles. The largest absolute Gasteiger partial charge is 0.445 e. The Morgan fingerprint density at radius 3 is 2.43 bits per heavy atom. The molecule has 5 rings (SSSR count). The van der Waals surface area contributed by atoms with Crippen molar-refractivity contribution in [2.45, 2.75) is 19.1 Å². The second-order valence-corrected chi connectivity index (χ2v) is 8.37. The molecule has 0 aliphatic carbocycles. The summed E-state index contributed by atoms with van der Waals surface area (Å²) in [6.07, 6.45) is 1.54. The lowest BCUT2D eigenvalue weighted by Gasteiger charge is -2.18. The number of benzene rings is 4. The highest BCUT2D eigenvalue weighted by Gasteiger charge is 2.23. The van der Waals surface area contributed by atoms with Crippen LogP contribution in [0.1, 0.15) is 11.1 Å². The highest BCUT2D eigenvalue weighted by Crippen LogP contribution is 2.21. The molecule has 0 aliphatic rings. The lowest BCUT2D eigenvalue weighted by atomic mass is 10.0. The third-order valence-corrected chi connectivity index (χ3v) is 5.94. The molecule has 0 unspecified atom stereocenters. The van der Waals surface area contributed by atoms with Crippen molar-refractivity contribution >= 4 is 39.4 Å². The molecule has 6 heteroatoms. The van der Waals surface area contributed by atoms with Gasteiger partial charge in [0, 0.05) is 29.2 Å². The molecule has 35 heavy (non-hydrogen) atoms. The molecule has 2 amide bonds. The van der Waals surface area contributed by atoms with E-state index in [-0.39, 0.29) is 12.5 Å². The molecule has 5 aromatic rings. The number of para-hydroxylation sites is 1. The zero-order valence-corrected chi connectivity index (χ0v) is 19.0. The Balaban J connectivity index is 1.34. The third-order valence-electron chi connectivity index (χ3n) is 5.94. The van der Waals surface area contributed by atoms with Crippen LogP contribution < -0.4 is 10.6 Å². The van der Waals surface area contributed by atoms with E-state index in [0.29, 0.717) is 12.1 Å². The summed E-state index contributed by atoms with van der Waals surface area (Å²) in [6, 6.07) is 30.1. The maximum atomic E-state index is 13.3. The molecule has 3 N–H and O–H groups in total. The van der Waals surface area contributed by atoms with Crippen LogP contribution in [-0.4, -0.2) is 23.0 Å². The molecule has 0 radical (unpaired) electrons. The number of hydrogen-bond acceptors (Lipinski definition) is 3. The van der Waals surface area contributed by atoms with Crippen molar-refractivity contribution in [3.05, 3.63) is 114 Å². The van der Waals surface area contributed by atoms with Gasteiger partial charge in [-0.05, 0) is 40.1 Å². The SMILES string of the molecule is O=C(N[C@H](Cc1c[nH]c2ccccc12)C(=O)Nc1ccc2ccccc2c1)OCc1ccccc1. The summed E-state index contributed by atoms with van der Waals surface area (Å²) >= 11 is 0. The fraction of sp³-hybridized carbons (Fsp3) is 0.103. The number of ether oxygens (including phenoxy) is 1. The maximum Gasteiger partial charge on any atom is 0.408 e. The van der Waals surface area contributed by atoms with Gasteiger partial charge in [0.25, 0.3) is 0 Å². The standard InChI is InChI=1S/C29H25N3O3/c33-28(31-24-15-14-21-10-4-5-11-22(21)16-24)27(17-23-18-30-26-13-7-6-12-25(23)26)32-29(34)35-19-20-8-2-1-3-9-20/h1-16,18,27,30H,17,19H2,(H,31,33)(H,32,34)/t27-/m1/s1. The average molecular weight is 464 g/mol. The minimum atomic E-state index is -0.830. The molecule has 6 nitrogen and oxygen atoms in total. The fourth-order valence-corrected chi connectivity index (χ4v) is 4.13. The number of alkyl carbamates (subject to hydrolysis) is 1. The van der Waals surface area contributed by atoms with Gasteiger partial charge in [-0.2, -0.15) is 0 Å². The first kappa shape index (κ1) is 22.2. The lowest BCUT2D eigenvalue weighted by Crippen LogP contribution is -2.45. The van der Waals surface area contributed by atoms with Crippen LogP contribution in [0.5, 0.6) is 0 Å². The van der Waals surface area contributed by atoms with Gasteiger partial charge in [-0.15, -0.1) is 0 Å². The number of carbonyl (C=O) groups is 2. The number of anilines is 1. The average Bonchev–Trinajstić information content (AvgIpc) is 3.30. The summed E-state index contributed by atoms with van der Waals surface area (Å²) in [6.45, 7) is 0.124. The van der Waals surface area contributed by atoms with Gasteiger partial charge in [-0.25, -0.2) is 4.79 Å². The monoisotopic (exact) mass is 463 g/mol. The topological polar surface area (TPSA) is 83.2 Å². The first-order chi connectivity index (χ1) is 17.2. The minimum Gasteiger partial charge on any atom is -0.445 e. The van der Waals surface area contributed by atoms with Crippen molar-refractivity contribution in [1.29, 1.82) is 0 Å². The minimum absolute atomic E-state index is 0.124. The summed E-state index contributed by atoms with van der Waals surface area (Å²) < 4.78 is 5.39. The third kappa shape index (κ3) is 5.33. The number of amides is 2. The van der Waals surface area contributed by atoms with Gasteiger partial charge < -0.3 is 20.4 Å². The number of hydrogen-bond donors (Lipinski definition) is 3. The van der Waals surface area contributed by atoms with Gasteiger partial charge in [0.2, 0.25) is 5.91 Å². The van der Waals surface area contributed by atoms with E-state index in [1.165, 1.54) is 0 Å². The second-order valence-electron chi connectivity index (χ2n) is 8.37. The molecular weight excluding hydrogens is 438 g/mol. The molecule has 1 atom stereocenters. The van der Waals surface area contributed by atoms with Crippen molar-refractivity contribution in [2.24, 2.45) is 0 Å². The summed E-state index contributed by atoms with van der Waals surface area (Å²) in [4.78, 5) is 29.2. The van der Waals surface area contributed by atoms with E-state index >= 15 is 0 Å². The predicted molar refractivity (Wildman–Crippen MR) is 138 cm³/mol. The molecule has 0 saturated carbocycles. The van der Waals surface area contributed by atoms with E-state index < -0.39 is 12.1 Å². The molecule has 0 fully saturated rings. The van der Waals surface area contributed by atoms with Crippen LogP contribution in [0.2, 0.25) is 0 Å². The van der Waals surface area contributed by atoms with Crippen LogP contribution >= 0.6 is 0 Å². The Morgan fingerprint density at radius 2 is 1.57 bits per heavy atom. The van der Waals surface area contributed by atoms with Crippen LogP contribution in [-0.2, 0) is 22.6 Å². The van der Waals surface area contributed by atoms with Gasteiger partial charge in [-0.3, -0.25) is 4.79 Å². The molecular formula is C29H25N3O3. The summed E-state index contributed by atoms with van der Waals surface area (Å²) in [5.74, 6) is -0.317. The highest BCUT2D eigenvalue weighted by molar-refractivity contribution is 5.99. The Kier molecular flexibility index (Phi) is 6.44. The van der Waals surface area contributed by atoms with E-state index in [2.05, 4.69) is 15.6 Å². The number of aromatic amines is 1. The van der Waals surface area contributed by atoms with Gasteiger partial charge in [0.15, 0.2) is 0 Å². The van der Waals surface area contributed by atoms with Crippen molar-refractivity contribution in [3.8, 4) is 0 Å². The molecule has 0 bridgehead atoms. The molecule has 1 aromatic heterocycles. The first-order valence-corrected chi connectivity index (χ1v) is 11.5. The number of nitrogens with one attached hydrogen (secondary N) is 3. The Hall–Kier alpha value is -4.58. The lowest BCUT2D eigenvalue weighted by molar-refractivity contribution is -0.118. The van der Waals surface area contributed by atoms with E-state index in [0.717, 1.165) is 32.8 Å². The summed E-state index contributed by atoms with van der Waals surface area (Å²) in [7, 11) is 0. The number of fused-ring (bicyclic) bond motifs is 2. The summed E-state index contributed by atoms with van der Waals surface area (Å²) in [5, 5.41) is 8.83. The van der Waals surface area contributed by atoms with Crippen molar-refractivity contribution in [2.75, 3.05) is 5.32 Å². The summed E-state index contributed by atoms with van der Waals surface area (Å²) in [5.41, 5.74) is 3.44. The van der Waals surface area contributed by atoms with Crippen LogP contribution in [0.15, 0.2) is 103 Å². The van der Waals surface area contributed by atoms with Crippen LogP contribution in [0.4, 0.5) is 10.5 Å². The van der Waals surface area contributed by atoms with Crippen molar-refractivity contribution in [3.63, 3.8) is 0 Å². The molecule has 0 aliphatic heterocycles. The van der Waals surface area contributed by atoms with Gasteiger partial charge in [0.1, 0.15) is 12.6 Å². The van der Waals surface area contributed by atoms with E-state index in [1.807, 2.05) is 103 Å². The number of rotatable bonds is 7. The van der Waals surface area contributed by atoms with Gasteiger partial charge >= 0.3 is 6.09 Å². The quantitative estimate of drug-likeness (QED) is 0.285. The van der Waals surface area contributed by atoms with Crippen molar-refractivity contribution < 1.29 is 14.3 Å². The second kappa shape index (κ2) is 10.1. The molecule has 1 heterocycles. The van der Waals surface area contributed by atoms with Gasteiger partial charge in [0.05, 0.1) is 0 Å². The molecule has 174 valence electrons. The zero-order chi connectivity index (χ0) is 24.0. The van der Waals surface area contributed by atoms with Crippen LogP contribution in [0, 0.1) is 0 Å². The fourth-order valence-electron chi connectivity index (χ4n) is 4.13. The number of H-pyrrole nitrogens is 1. The van der Waals surface area contributed by atoms with Gasteiger partial charge in [-0.1, -0.05) is 78.9 Å².